The Balaban J connectivity index is 1.65. The number of hydrazone groups is 1. The van der Waals surface area contributed by atoms with E-state index in [1.54, 1.807) is 51.1 Å². The topological polar surface area (TPSA) is 172 Å². The minimum absolute atomic E-state index is 0.170. The van der Waals surface area contributed by atoms with Crippen LogP contribution in [0.2, 0.25) is 0 Å². The molecule has 2 aromatic rings. The fourth-order valence-electron chi connectivity index (χ4n) is 4.02. The summed E-state index contributed by atoms with van der Waals surface area (Å²) in [6.45, 7) is 4.73. The summed E-state index contributed by atoms with van der Waals surface area (Å²) >= 11 is 3.40. The first-order valence-electron chi connectivity index (χ1n) is 13.4. The molecule has 2 aromatic carbocycles. The second kappa shape index (κ2) is 16.2. The van der Waals surface area contributed by atoms with Gasteiger partial charge >= 0.3 is 18.0 Å². The quantitative estimate of drug-likeness (QED) is 0.153. The van der Waals surface area contributed by atoms with Crippen LogP contribution in [-0.4, -0.2) is 70.7 Å². The van der Waals surface area contributed by atoms with Crippen LogP contribution in [0.1, 0.15) is 37.9 Å². The third kappa shape index (κ3) is 8.86. The molecule has 0 saturated heterocycles. The third-order valence-electron chi connectivity index (χ3n) is 5.97. The van der Waals surface area contributed by atoms with Gasteiger partial charge < -0.3 is 39.1 Å². The average Bonchev–Trinajstić information content (AvgIpc) is 2.99. The second-order valence-electron chi connectivity index (χ2n) is 8.90. The summed E-state index contributed by atoms with van der Waals surface area (Å²) in [4.78, 5) is 48.8. The van der Waals surface area contributed by atoms with Gasteiger partial charge in [0.05, 0.1) is 45.3 Å². The van der Waals surface area contributed by atoms with E-state index in [0.29, 0.717) is 32.8 Å². The van der Waals surface area contributed by atoms with Crippen molar-refractivity contribution in [2.24, 2.45) is 5.10 Å². The van der Waals surface area contributed by atoms with Gasteiger partial charge in [-0.1, -0.05) is 6.07 Å². The lowest BCUT2D eigenvalue weighted by atomic mass is 9.95. The lowest BCUT2D eigenvalue weighted by molar-refractivity contribution is -0.145. The molecule has 0 aliphatic carbocycles. The van der Waals surface area contributed by atoms with Gasteiger partial charge in [0.15, 0.2) is 36.2 Å². The Bertz CT molecular complexity index is 1460. The van der Waals surface area contributed by atoms with E-state index in [1.165, 1.54) is 20.4 Å². The van der Waals surface area contributed by atoms with Gasteiger partial charge in [-0.3, -0.25) is 4.79 Å². The van der Waals surface area contributed by atoms with Crippen molar-refractivity contribution in [3.63, 3.8) is 0 Å². The second-order valence-corrected chi connectivity index (χ2v) is 9.76. The summed E-state index contributed by atoms with van der Waals surface area (Å²) in [5.41, 5.74) is 4.10. The molecule has 0 bridgehead atoms. The number of nitrogens with zero attached hydrogens (tertiary/aromatic N) is 1. The van der Waals surface area contributed by atoms with Crippen molar-refractivity contribution in [3.05, 3.63) is 57.2 Å². The number of rotatable bonds is 14. The van der Waals surface area contributed by atoms with Crippen molar-refractivity contribution >= 4 is 46.0 Å². The zero-order chi connectivity index (χ0) is 32.2. The highest BCUT2D eigenvalue weighted by atomic mass is 79.9. The predicted molar refractivity (Wildman–Crippen MR) is 161 cm³/mol. The molecule has 236 valence electrons. The van der Waals surface area contributed by atoms with Crippen LogP contribution >= 0.6 is 15.9 Å². The largest absolute Gasteiger partial charge is 0.493 e. The Morgan fingerprint density at radius 1 is 0.955 bits per heavy atom. The molecule has 0 fully saturated rings. The van der Waals surface area contributed by atoms with E-state index in [0.717, 1.165) is 0 Å². The molecule has 1 aliphatic heterocycles. The summed E-state index contributed by atoms with van der Waals surface area (Å²) < 4.78 is 32.5. The van der Waals surface area contributed by atoms with Gasteiger partial charge in [-0.25, -0.2) is 19.8 Å². The molecule has 0 radical (unpaired) electrons. The van der Waals surface area contributed by atoms with Crippen LogP contribution in [0.25, 0.3) is 0 Å². The fourth-order valence-corrected chi connectivity index (χ4v) is 4.44. The Hall–Kier alpha value is -4.79. The Labute approximate surface area is 262 Å². The lowest BCUT2D eigenvalue weighted by Gasteiger charge is -2.28. The van der Waals surface area contributed by atoms with Crippen LogP contribution < -0.4 is 35.0 Å². The van der Waals surface area contributed by atoms with Gasteiger partial charge in [0, 0.05) is 15.7 Å². The highest BCUT2D eigenvalue weighted by molar-refractivity contribution is 9.10. The van der Waals surface area contributed by atoms with Crippen LogP contribution in [-0.2, 0) is 23.9 Å². The number of esters is 2. The molecule has 3 N–H and O–H groups in total. The summed E-state index contributed by atoms with van der Waals surface area (Å²) in [5.74, 6) is -0.462. The number of carbonyl (C=O) groups is 4. The maximum atomic E-state index is 12.6. The molecule has 3 amide bonds. The number of nitrogens with one attached hydrogen (secondary N) is 3. The molecule has 1 heterocycles. The van der Waals surface area contributed by atoms with Gasteiger partial charge in [0.25, 0.3) is 5.91 Å². The highest BCUT2D eigenvalue weighted by Gasteiger charge is 2.32. The Kier molecular flexibility index (Phi) is 12.4. The van der Waals surface area contributed by atoms with Crippen LogP contribution in [0.5, 0.6) is 23.0 Å². The number of ether oxygens (including phenoxy) is 6. The van der Waals surface area contributed by atoms with E-state index in [1.807, 2.05) is 0 Å². The summed E-state index contributed by atoms with van der Waals surface area (Å²) in [6, 6.07) is 6.74. The Morgan fingerprint density at radius 3 is 2.32 bits per heavy atom. The number of hydrogen-bond acceptors (Lipinski definition) is 11. The van der Waals surface area contributed by atoms with E-state index < -0.39 is 36.5 Å². The first-order valence-corrected chi connectivity index (χ1v) is 14.1. The molecule has 15 heteroatoms. The van der Waals surface area contributed by atoms with Crippen molar-refractivity contribution in [3.8, 4) is 23.0 Å². The van der Waals surface area contributed by atoms with Gasteiger partial charge in [-0.15, -0.1) is 0 Å². The molecular formula is C29H33BrN4O10. The number of carbonyl (C=O) groups excluding carboxylic acids is 4. The Morgan fingerprint density at radius 2 is 1.64 bits per heavy atom. The van der Waals surface area contributed by atoms with Crippen LogP contribution in [0, 0.1) is 0 Å². The van der Waals surface area contributed by atoms with Crippen molar-refractivity contribution in [2.45, 2.75) is 26.8 Å². The molecule has 0 saturated carbocycles. The molecule has 0 spiro atoms. The number of halogens is 1. The molecular weight excluding hydrogens is 644 g/mol. The first kappa shape index (κ1) is 33.7. The van der Waals surface area contributed by atoms with Crippen molar-refractivity contribution in [2.75, 3.05) is 40.6 Å². The molecule has 3 rings (SSSR count). The maximum Gasteiger partial charge on any atom is 0.344 e. The third-order valence-corrected chi connectivity index (χ3v) is 6.66. The average molecular weight is 678 g/mol. The van der Waals surface area contributed by atoms with Crippen LogP contribution in [0.3, 0.4) is 0 Å². The number of allylic oxidation sites excluding steroid dienone is 1. The normalized spacial score (nSPS) is 14.3. The number of benzene rings is 2. The lowest BCUT2D eigenvalue weighted by Crippen LogP contribution is -2.45. The number of methoxy groups -OCH3 is 2. The zero-order valence-electron chi connectivity index (χ0n) is 24.8. The van der Waals surface area contributed by atoms with Gasteiger partial charge in [0.1, 0.15) is 0 Å². The summed E-state index contributed by atoms with van der Waals surface area (Å²) in [5, 5.41) is 9.26. The highest BCUT2D eigenvalue weighted by Crippen LogP contribution is 2.35. The molecule has 0 unspecified atom stereocenters. The standard InChI is InChI=1S/C29H33BrN4O10/c1-6-41-25(36)15-44-23-12-19(30)18(11-22(23)40-5)13-31-34-24(35)14-43-20-9-8-17(10-21(20)39-4)27-26(28(37)42-7-2)16(3)32-29(38)33-27/h8-13,27H,6-7,14-15H2,1-5H3,(H,34,35)(H2,32,33,38)/b31-13-/t27-/m1/s1. The number of hydrogen-bond donors (Lipinski definition) is 3. The van der Waals surface area contributed by atoms with E-state index in [2.05, 4.69) is 37.1 Å². The van der Waals surface area contributed by atoms with E-state index in [4.69, 9.17) is 28.4 Å². The van der Waals surface area contributed by atoms with Crippen LogP contribution in [0.4, 0.5) is 4.79 Å². The van der Waals surface area contributed by atoms with Gasteiger partial charge in [0.2, 0.25) is 0 Å². The van der Waals surface area contributed by atoms with Crippen molar-refractivity contribution < 1.29 is 47.6 Å². The van der Waals surface area contributed by atoms with E-state index in [9.17, 15) is 19.2 Å². The SMILES string of the molecule is CCOC(=O)COc1cc(Br)c(/C=N\NC(=O)COc2ccc([C@H]3NC(=O)NC(C)=C3C(=O)OCC)cc2OC)cc1OC. The van der Waals surface area contributed by atoms with Gasteiger partial charge in [-0.2, -0.15) is 5.10 Å². The monoisotopic (exact) mass is 676 g/mol. The molecule has 0 aromatic heterocycles. The predicted octanol–water partition coefficient (Wildman–Crippen LogP) is 3.13. The summed E-state index contributed by atoms with van der Waals surface area (Å²) in [6.07, 6.45) is 1.39. The smallest absolute Gasteiger partial charge is 0.344 e. The minimum Gasteiger partial charge on any atom is -0.493 e. The van der Waals surface area contributed by atoms with Crippen molar-refractivity contribution in [1.29, 1.82) is 0 Å². The fraction of sp³-hybridized carbons (Fsp3) is 0.345. The molecule has 44 heavy (non-hydrogen) atoms. The number of urea groups is 1. The molecule has 14 nitrogen and oxygen atoms in total. The van der Waals surface area contributed by atoms with E-state index >= 15 is 0 Å². The number of amides is 3. The summed E-state index contributed by atoms with van der Waals surface area (Å²) in [7, 11) is 2.87. The molecule has 1 aliphatic rings. The van der Waals surface area contributed by atoms with E-state index in [-0.39, 0.29) is 36.9 Å². The zero-order valence-corrected chi connectivity index (χ0v) is 26.4. The van der Waals surface area contributed by atoms with Crippen LogP contribution in [0.15, 0.2) is 51.2 Å². The van der Waals surface area contributed by atoms with Crippen molar-refractivity contribution in [1.82, 2.24) is 16.1 Å². The minimum atomic E-state index is -0.792. The molecule has 1 atom stereocenters. The first-order chi connectivity index (χ1) is 21.1. The maximum absolute atomic E-state index is 12.6. The van der Waals surface area contributed by atoms with Gasteiger partial charge in [-0.05, 0) is 66.5 Å².